The van der Waals surface area contributed by atoms with Gasteiger partial charge in [-0.1, -0.05) is 23.7 Å². The minimum Gasteiger partial charge on any atom is -0.375 e. The second-order valence-corrected chi connectivity index (χ2v) is 4.81. The van der Waals surface area contributed by atoms with Crippen molar-refractivity contribution in [1.82, 2.24) is 0 Å². The maximum absolute atomic E-state index is 13.6. The Labute approximate surface area is 108 Å². The van der Waals surface area contributed by atoms with Crippen molar-refractivity contribution in [1.29, 1.82) is 0 Å². The third-order valence-corrected chi connectivity index (χ3v) is 3.40. The summed E-state index contributed by atoms with van der Waals surface area (Å²) in [6, 6.07) is 9.60. The van der Waals surface area contributed by atoms with Crippen LogP contribution in [0.15, 0.2) is 36.4 Å². The van der Waals surface area contributed by atoms with Crippen molar-refractivity contribution in [3.05, 3.63) is 64.2 Å². The van der Waals surface area contributed by atoms with E-state index in [9.17, 15) is 8.78 Å². The van der Waals surface area contributed by atoms with Crippen LogP contribution in [-0.4, -0.2) is 0 Å². The van der Waals surface area contributed by atoms with Crippen molar-refractivity contribution in [3.63, 3.8) is 0 Å². The number of hydrogen-bond acceptors (Lipinski definition) is 1. The first-order chi connectivity index (χ1) is 8.63. The van der Waals surface area contributed by atoms with E-state index >= 15 is 0 Å². The Bertz CT molecular complexity index is 595. The predicted molar refractivity (Wildman–Crippen MR) is 67.9 cm³/mol. The van der Waals surface area contributed by atoms with Crippen LogP contribution >= 0.6 is 11.6 Å². The molecule has 1 aliphatic heterocycles. The molecule has 0 aliphatic carbocycles. The summed E-state index contributed by atoms with van der Waals surface area (Å²) in [4.78, 5) is 0. The zero-order valence-electron chi connectivity index (χ0n) is 9.38. The van der Waals surface area contributed by atoms with Crippen LogP contribution in [0.2, 0.25) is 5.02 Å². The molecule has 1 nitrogen and oxygen atoms in total. The van der Waals surface area contributed by atoms with Gasteiger partial charge in [0.25, 0.3) is 0 Å². The monoisotopic (exact) mass is 265 g/mol. The Morgan fingerprint density at radius 3 is 2.56 bits per heavy atom. The predicted octanol–water partition coefficient (Wildman–Crippen LogP) is 4.33. The zero-order chi connectivity index (χ0) is 12.7. The van der Waals surface area contributed by atoms with Crippen LogP contribution in [0.1, 0.15) is 17.2 Å². The lowest BCUT2D eigenvalue weighted by atomic mass is 10.0. The first kappa shape index (κ1) is 11.5. The topological polar surface area (TPSA) is 12.0 Å². The minimum absolute atomic E-state index is 0.0337. The second kappa shape index (κ2) is 4.25. The molecule has 0 fully saturated rings. The van der Waals surface area contributed by atoms with Gasteiger partial charge in [0, 0.05) is 11.1 Å². The quantitative estimate of drug-likeness (QED) is 0.809. The molecule has 0 bridgehead atoms. The first-order valence-electron chi connectivity index (χ1n) is 5.63. The number of fused-ring (bicyclic) bond motifs is 1. The number of rotatable bonds is 1. The Hall–Kier alpha value is -1.61. The number of hydrogen-bond donors (Lipinski definition) is 1. The summed E-state index contributed by atoms with van der Waals surface area (Å²) in [6.45, 7) is 0. The van der Waals surface area contributed by atoms with Crippen LogP contribution < -0.4 is 5.32 Å². The highest BCUT2D eigenvalue weighted by Gasteiger charge is 2.25. The van der Waals surface area contributed by atoms with Gasteiger partial charge in [-0.25, -0.2) is 8.78 Å². The molecule has 1 unspecified atom stereocenters. The van der Waals surface area contributed by atoms with Gasteiger partial charge in [0.2, 0.25) is 0 Å². The lowest BCUT2D eigenvalue weighted by molar-refractivity contribution is 0.585. The van der Waals surface area contributed by atoms with Crippen LogP contribution in [0, 0.1) is 11.6 Å². The van der Waals surface area contributed by atoms with Gasteiger partial charge in [-0.05, 0) is 35.7 Å². The van der Waals surface area contributed by atoms with E-state index in [1.165, 1.54) is 6.07 Å². The fourth-order valence-electron chi connectivity index (χ4n) is 2.29. The first-order valence-corrected chi connectivity index (χ1v) is 6.01. The molecule has 0 amide bonds. The number of nitrogens with one attached hydrogen (secondary N) is 1. The molecule has 2 aromatic carbocycles. The molecule has 1 heterocycles. The van der Waals surface area contributed by atoms with E-state index in [2.05, 4.69) is 5.32 Å². The van der Waals surface area contributed by atoms with Crippen LogP contribution in [-0.2, 0) is 6.42 Å². The van der Waals surface area contributed by atoms with E-state index < -0.39 is 11.6 Å². The fourth-order valence-corrected chi connectivity index (χ4v) is 2.42. The van der Waals surface area contributed by atoms with Crippen molar-refractivity contribution in [2.75, 3.05) is 5.32 Å². The Balaban J connectivity index is 1.93. The molecule has 1 N–H and O–H groups in total. The van der Waals surface area contributed by atoms with Crippen molar-refractivity contribution in [2.45, 2.75) is 12.5 Å². The molecule has 0 saturated carbocycles. The van der Waals surface area contributed by atoms with E-state index in [-0.39, 0.29) is 6.04 Å². The highest BCUT2D eigenvalue weighted by atomic mass is 35.5. The summed E-state index contributed by atoms with van der Waals surface area (Å²) in [5, 5.41) is 3.74. The summed E-state index contributed by atoms with van der Waals surface area (Å²) < 4.78 is 26.7. The molecule has 92 valence electrons. The Kier molecular flexibility index (Phi) is 2.71. The molecule has 1 atom stereocenters. The highest BCUT2D eigenvalue weighted by Crippen LogP contribution is 2.36. The van der Waals surface area contributed by atoms with Gasteiger partial charge in [-0.2, -0.15) is 0 Å². The highest BCUT2D eigenvalue weighted by molar-refractivity contribution is 6.30. The van der Waals surface area contributed by atoms with E-state index in [1.807, 2.05) is 12.1 Å². The lowest BCUT2D eigenvalue weighted by Crippen LogP contribution is -2.05. The summed E-state index contributed by atoms with van der Waals surface area (Å²) in [5.74, 6) is -1.08. The van der Waals surface area contributed by atoms with Gasteiger partial charge in [0.05, 0.1) is 11.7 Å². The van der Waals surface area contributed by atoms with Crippen LogP contribution in [0.25, 0.3) is 0 Å². The van der Waals surface area contributed by atoms with E-state index in [1.54, 1.807) is 12.1 Å². The molecule has 0 aromatic heterocycles. The molecule has 0 radical (unpaired) electrons. The molecule has 0 saturated heterocycles. The van der Waals surface area contributed by atoms with Crippen molar-refractivity contribution in [2.24, 2.45) is 0 Å². The number of anilines is 1. The third-order valence-electron chi connectivity index (χ3n) is 3.15. The smallest absolute Gasteiger partial charge is 0.149 e. The van der Waals surface area contributed by atoms with E-state index in [0.29, 0.717) is 22.7 Å². The van der Waals surface area contributed by atoms with Gasteiger partial charge >= 0.3 is 0 Å². The summed E-state index contributed by atoms with van der Waals surface area (Å²) in [6.07, 6.45) is 0.575. The third kappa shape index (κ3) is 1.95. The molecular formula is C14H10ClF2N. The van der Waals surface area contributed by atoms with Crippen LogP contribution in [0.4, 0.5) is 14.5 Å². The van der Waals surface area contributed by atoms with Crippen molar-refractivity contribution >= 4 is 17.3 Å². The molecule has 3 rings (SSSR count). The summed E-state index contributed by atoms with van der Waals surface area (Å²) in [5.41, 5.74) is 2.08. The minimum atomic E-state index is -0.540. The van der Waals surface area contributed by atoms with Gasteiger partial charge in [0.1, 0.15) is 11.6 Å². The average Bonchev–Trinajstić information content (AvgIpc) is 2.74. The normalized spacial score (nSPS) is 17.4. The average molecular weight is 266 g/mol. The van der Waals surface area contributed by atoms with Gasteiger partial charge in [-0.3, -0.25) is 0 Å². The van der Waals surface area contributed by atoms with Gasteiger partial charge in [0.15, 0.2) is 0 Å². The maximum Gasteiger partial charge on any atom is 0.149 e. The summed E-state index contributed by atoms with van der Waals surface area (Å²) >= 11 is 5.82. The Morgan fingerprint density at radius 2 is 1.83 bits per heavy atom. The zero-order valence-corrected chi connectivity index (χ0v) is 10.1. The van der Waals surface area contributed by atoms with E-state index in [4.69, 9.17) is 11.6 Å². The molecular weight excluding hydrogens is 256 g/mol. The van der Waals surface area contributed by atoms with Crippen molar-refractivity contribution < 1.29 is 8.78 Å². The van der Waals surface area contributed by atoms with E-state index in [0.717, 1.165) is 11.6 Å². The fraction of sp³-hybridized carbons (Fsp3) is 0.143. The standard InChI is InChI=1S/C14H10ClF2N/c15-10-3-1-8(2-4-10)13-6-9-5-11(16)7-12(17)14(9)18-13/h1-5,7,13,18H,6H2. The molecule has 1 aliphatic rings. The maximum atomic E-state index is 13.6. The molecule has 2 aromatic rings. The molecule has 18 heavy (non-hydrogen) atoms. The molecule has 4 heteroatoms. The Morgan fingerprint density at radius 1 is 1.11 bits per heavy atom. The second-order valence-electron chi connectivity index (χ2n) is 4.37. The SMILES string of the molecule is Fc1cc(F)c2c(c1)CC(c1ccc(Cl)cc1)N2. The van der Waals surface area contributed by atoms with Crippen molar-refractivity contribution in [3.8, 4) is 0 Å². The number of benzene rings is 2. The number of halogens is 3. The summed E-state index contributed by atoms with van der Waals surface area (Å²) in [7, 11) is 0. The van der Waals surface area contributed by atoms with Crippen LogP contribution in [0.5, 0.6) is 0 Å². The van der Waals surface area contributed by atoms with Crippen LogP contribution in [0.3, 0.4) is 0 Å². The lowest BCUT2D eigenvalue weighted by Gasteiger charge is -2.11. The van der Waals surface area contributed by atoms with Gasteiger partial charge < -0.3 is 5.32 Å². The molecule has 0 spiro atoms. The largest absolute Gasteiger partial charge is 0.375 e. The van der Waals surface area contributed by atoms with Gasteiger partial charge in [-0.15, -0.1) is 0 Å².